The average Bonchev–Trinajstić information content (AvgIpc) is 2.42. The second-order valence-electron chi connectivity index (χ2n) is 5.50. The summed E-state index contributed by atoms with van der Waals surface area (Å²) in [4.78, 5) is 11.7. The summed E-state index contributed by atoms with van der Waals surface area (Å²) in [5.41, 5.74) is 0.486. The lowest BCUT2D eigenvalue weighted by Gasteiger charge is -2.37. The van der Waals surface area contributed by atoms with Crippen LogP contribution in [0.15, 0.2) is 11.6 Å². The molecule has 0 aromatic heterocycles. The van der Waals surface area contributed by atoms with Crippen molar-refractivity contribution in [1.82, 2.24) is 0 Å². The van der Waals surface area contributed by atoms with Crippen LogP contribution < -0.4 is 0 Å². The quantitative estimate of drug-likeness (QED) is 0.536. The molecule has 0 fully saturated rings. The summed E-state index contributed by atoms with van der Waals surface area (Å²) in [5, 5.41) is 0. The van der Waals surface area contributed by atoms with Crippen molar-refractivity contribution < 1.29 is 14.3 Å². The smallest absolute Gasteiger partial charge is 0.339 e. The third kappa shape index (κ3) is 2.29. The van der Waals surface area contributed by atoms with E-state index in [1.807, 2.05) is 19.9 Å². The highest BCUT2D eigenvalue weighted by Gasteiger charge is 2.46. The van der Waals surface area contributed by atoms with Crippen molar-refractivity contribution >= 4 is 5.97 Å². The van der Waals surface area contributed by atoms with Crippen LogP contribution >= 0.6 is 0 Å². The molecule has 0 spiro atoms. The van der Waals surface area contributed by atoms with E-state index in [0.29, 0.717) is 6.61 Å². The van der Waals surface area contributed by atoms with Gasteiger partial charge in [-0.25, -0.2) is 4.79 Å². The van der Waals surface area contributed by atoms with E-state index in [4.69, 9.17) is 9.47 Å². The molecule has 0 aromatic carbocycles. The highest BCUT2D eigenvalue weighted by Crippen LogP contribution is 2.42. The molecule has 0 saturated heterocycles. The van der Waals surface area contributed by atoms with Crippen LogP contribution in [0.2, 0.25) is 0 Å². The van der Waals surface area contributed by atoms with Crippen molar-refractivity contribution in [3.63, 3.8) is 0 Å². The fraction of sp³-hybridized carbons (Fsp3) is 0.769. The van der Waals surface area contributed by atoms with E-state index in [1.165, 1.54) is 0 Å². The van der Waals surface area contributed by atoms with Gasteiger partial charge in [-0.3, -0.25) is 0 Å². The third-order valence-corrected chi connectivity index (χ3v) is 3.27. The van der Waals surface area contributed by atoms with E-state index in [1.54, 1.807) is 6.92 Å². The van der Waals surface area contributed by atoms with Crippen LogP contribution in [0.3, 0.4) is 0 Å². The van der Waals surface area contributed by atoms with Gasteiger partial charge in [-0.2, -0.15) is 0 Å². The van der Waals surface area contributed by atoms with Crippen LogP contribution in [-0.4, -0.2) is 24.3 Å². The number of hydrogen-bond acceptors (Lipinski definition) is 3. The van der Waals surface area contributed by atoms with Crippen LogP contribution in [0.5, 0.6) is 0 Å². The summed E-state index contributed by atoms with van der Waals surface area (Å²) >= 11 is 0. The molecule has 0 unspecified atom stereocenters. The highest BCUT2D eigenvalue weighted by molar-refractivity contribution is 5.79. The monoisotopic (exact) mass is 226 g/mol. The predicted molar refractivity (Wildman–Crippen MR) is 63.1 cm³/mol. The van der Waals surface area contributed by atoms with Crippen LogP contribution in [0, 0.1) is 5.41 Å². The minimum absolute atomic E-state index is 0.0461. The number of rotatable bonds is 2. The van der Waals surface area contributed by atoms with Gasteiger partial charge in [-0.1, -0.05) is 26.8 Å². The molecule has 16 heavy (non-hydrogen) atoms. The van der Waals surface area contributed by atoms with Gasteiger partial charge in [0.2, 0.25) is 0 Å². The number of carbonyl (C=O) groups is 1. The molecule has 0 aliphatic carbocycles. The molecule has 0 saturated carbocycles. The van der Waals surface area contributed by atoms with Gasteiger partial charge in [-0.15, -0.1) is 0 Å². The second-order valence-corrected chi connectivity index (χ2v) is 5.50. The fourth-order valence-corrected chi connectivity index (χ4v) is 1.73. The molecule has 3 heteroatoms. The molecule has 0 bridgehead atoms. The largest absolute Gasteiger partial charge is 0.464 e. The number of esters is 1. The third-order valence-electron chi connectivity index (χ3n) is 3.27. The zero-order chi connectivity index (χ0) is 12.6. The zero-order valence-electron chi connectivity index (χ0n) is 11.1. The van der Waals surface area contributed by atoms with Gasteiger partial charge >= 0.3 is 5.97 Å². The molecule has 2 atom stereocenters. The van der Waals surface area contributed by atoms with Gasteiger partial charge in [0, 0.05) is 0 Å². The van der Waals surface area contributed by atoms with E-state index in [9.17, 15) is 4.79 Å². The lowest BCUT2D eigenvalue weighted by atomic mass is 9.78. The Hall–Kier alpha value is -0.830. The molecule has 1 heterocycles. The maximum absolute atomic E-state index is 11.7. The molecule has 0 amide bonds. The molecule has 0 N–H and O–H groups in total. The van der Waals surface area contributed by atoms with E-state index < -0.39 is 11.7 Å². The normalized spacial score (nSPS) is 30.1. The maximum atomic E-state index is 11.7. The standard InChI is InChI=1S/C13H22O3/c1-7-15-11(14)10-9(2)8-13(6,16-10)12(3,4)5/h8,10H,7H2,1-6H3/t10-,13-/m0/s1. The van der Waals surface area contributed by atoms with Crippen LogP contribution in [-0.2, 0) is 14.3 Å². The van der Waals surface area contributed by atoms with Gasteiger partial charge < -0.3 is 9.47 Å². The van der Waals surface area contributed by atoms with Gasteiger partial charge in [0.1, 0.15) is 0 Å². The molecule has 3 nitrogen and oxygen atoms in total. The minimum atomic E-state index is -0.538. The SMILES string of the molecule is CCOC(=O)[C@H]1O[C@](C)(C(C)(C)C)C=C1C. The van der Waals surface area contributed by atoms with E-state index in [2.05, 4.69) is 20.8 Å². The molecule has 0 radical (unpaired) electrons. The summed E-state index contributed by atoms with van der Waals surface area (Å²) in [7, 11) is 0. The van der Waals surface area contributed by atoms with Crippen LogP contribution in [0.1, 0.15) is 41.5 Å². The topological polar surface area (TPSA) is 35.5 Å². The Balaban J connectivity index is 2.86. The number of hydrogen-bond donors (Lipinski definition) is 0. The van der Waals surface area contributed by atoms with Crippen molar-refractivity contribution in [2.75, 3.05) is 6.61 Å². The van der Waals surface area contributed by atoms with Crippen molar-refractivity contribution in [2.24, 2.45) is 5.41 Å². The summed E-state index contributed by atoms with van der Waals surface area (Å²) in [6.45, 7) is 12.4. The van der Waals surface area contributed by atoms with Crippen molar-refractivity contribution in [3.05, 3.63) is 11.6 Å². The molecule has 1 aliphatic heterocycles. The molecule has 1 rings (SSSR count). The van der Waals surface area contributed by atoms with Crippen LogP contribution in [0.4, 0.5) is 0 Å². The van der Waals surface area contributed by atoms with Gasteiger partial charge in [0.05, 0.1) is 12.2 Å². The molecule has 1 aliphatic rings. The Morgan fingerprint density at radius 2 is 2.12 bits per heavy atom. The summed E-state index contributed by atoms with van der Waals surface area (Å²) in [6.07, 6.45) is 1.50. The molecule has 0 aromatic rings. The first kappa shape index (κ1) is 13.2. The zero-order valence-corrected chi connectivity index (χ0v) is 11.1. The van der Waals surface area contributed by atoms with Crippen molar-refractivity contribution in [2.45, 2.75) is 53.2 Å². The Morgan fingerprint density at radius 1 is 1.56 bits per heavy atom. The summed E-state index contributed by atoms with van der Waals surface area (Å²) < 4.78 is 10.9. The lowest BCUT2D eigenvalue weighted by molar-refractivity contribution is -0.163. The van der Waals surface area contributed by atoms with Crippen molar-refractivity contribution in [1.29, 1.82) is 0 Å². The second kappa shape index (κ2) is 4.21. The Morgan fingerprint density at radius 3 is 2.50 bits per heavy atom. The average molecular weight is 226 g/mol. The first-order chi connectivity index (χ1) is 7.21. The minimum Gasteiger partial charge on any atom is -0.464 e. The Kier molecular flexibility index (Phi) is 3.48. The summed E-state index contributed by atoms with van der Waals surface area (Å²) in [5.74, 6) is -0.288. The van der Waals surface area contributed by atoms with Gasteiger partial charge in [0.25, 0.3) is 0 Å². The maximum Gasteiger partial charge on any atom is 0.339 e. The number of ether oxygens (including phenoxy) is 2. The first-order valence-corrected chi connectivity index (χ1v) is 5.75. The van der Waals surface area contributed by atoms with Gasteiger partial charge in [0.15, 0.2) is 6.10 Å². The lowest BCUT2D eigenvalue weighted by Crippen LogP contribution is -2.41. The molecular formula is C13H22O3. The Bertz CT molecular complexity index is 312. The number of carbonyl (C=O) groups excluding carboxylic acids is 1. The fourth-order valence-electron chi connectivity index (χ4n) is 1.73. The predicted octanol–water partition coefficient (Wildman–Crippen LogP) is 2.70. The summed E-state index contributed by atoms with van der Waals surface area (Å²) in [6, 6.07) is 0. The van der Waals surface area contributed by atoms with E-state index >= 15 is 0 Å². The van der Waals surface area contributed by atoms with Gasteiger partial charge in [-0.05, 0) is 31.8 Å². The highest BCUT2D eigenvalue weighted by atomic mass is 16.6. The van der Waals surface area contributed by atoms with E-state index in [0.717, 1.165) is 5.57 Å². The van der Waals surface area contributed by atoms with Crippen LogP contribution in [0.25, 0.3) is 0 Å². The Labute approximate surface area is 97.8 Å². The first-order valence-electron chi connectivity index (χ1n) is 5.75. The molecule has 92 valence electrons. The molecular weight excluding hydrogens is 204 g/mol. The van der Waals surface area contributed by atoms with E-state index in [-0.39, 0.29) is 11.4 Å². The van der Waals surface area contributed by atoms with Crippen molar-refractivity contribution in [3.8, 4) is 0 Å².